The number of alkyl halides is 3. The summed E-state index contributed by atoms with van der Waals surface area (Å²) in [5.74, 6) is -0.350. The van der Waals surface area contributed by atoms with Crippen LogP contribution < -0.4 is 4.31 Å². The molecular weight excluding hydrogens is 357 g/mol. The quantitative estimate of drug-likeness (QED) is 0.712. The number of nitrogens with zero attached hydrogens (tertiary/aromatic N) is 2. The Morgan fingerprint density at radius 1 is 1.36 bits per heavy atom. The fraction of sp³-hybridized carbons (Fsp3) is 0.438. The molecule has 2 saturated heterocycles. The highest BCUT2D eigenvalue weighted by molar-refractivity contribution is 7.94. The molecule has 4 atom stereocenters. The predicted molar refractivity (Wildman–Crippen MR) is 82.1 cm³/mol. The van der Waals surface area contributed by atoms with E-state index in [0.717, 1.165) is 16.4 Å². The van der Waals surface area contributed by atoms with Crippen molar-refractivity contribution in [3.8, 4) is 6.07 Å². The van der Waals surface area contributed by atoms with E-state index in [1.807, 2.05) is 0 Å². The van der Waals surface area contributed by atoms with Gasteiger partial charge in [0.1, 0.15) is 4.75 Å². The first-order valence-corrected chi connectivity index (χ1v) is 9.02. The third kappa shape index (κ3) is 1.95. The second-order valence-corrected chi connectivity index (χ2v) is 8.84. The second kappa shape index (κ2) is 4.77. The molecule has 0 spiro atoms. The Kier molecular flexibility index (Phi) is 3.13. The molecule has 0 aromatic heterocycles. The molecule has 3 aliphatic heterocycles. The number of halogens is 3. The highest BCUT2D eigenvalue weighted by atomic mass is 32.2. The SMILES string of the molecule is C[C@@]12[C@@H]3C=C[C@@H](O3)[C@@H]1CN(c1ccc(C#N)c(C(F)(F)F)c1)S2(=O)=O. The van der Waals surface area contributed by atoms with Crippen molar-refractivity contribution in [1.29, 1.82) is 5.26 Å². The molecule has 2 fully saturated rings. The maximum absolute atomic E-state index is 13.2. The van der Waals surface area contributed by atoms with Crippen molar-refractivity contribution in [2.45, 2.75) is 30.1 Å². The van der Waals surface area contributed by atoms with Crippen molar-refractivity contribution in [1.82, 2.24) is 0 Å². The zero-order valence-electron chi connectivity index (χ0n) is 13.0. The third-order valence-corrected chi connectivity index (χ3v) is 7.99. The Labute approximate surface area is 142 Å². The van der Waals surface area contributed by atoms with Crippen LogP contribution in [0.2, 0.25) is 0 Å². The maximum atomic E-state index is 13.2. The van der Waals surface area contributed by atoms with E-state index in [0.29, 0.717) is 0 Å². The van der Waals surface area contributed by atoms with Gasteiger partial charge in [0.2, 0.25) is 10.0 Å². The summed E-state index contributed by atoms with van der Waals surface area (Å²) < 4.78 is 71.2. The number of rotatable bonds is 1. The summed E-state index contributed by atoms with van der Waals surface area (Å²) in [7, 11) is -3.92. The van der Waals surface area contributed by atoms with Gasteiger partial charge in [-0.3, -0.25) is 4.31 Å². The van der Waals surface area contributed by atoms with Gasteiger partial charge in [0.15, 0.2) is 0 Å². The minimum Gasteiger partial charge on any atom is -0.365 e. The molecule has 1 aromatic rings. The second-order valence-electron chi connectivity index (χ2n) is 6.57. The van der Waals surface area contributed by atoms with Crippen LogP contribution in [0.3, 0.4) is 0 Å². The summed E-state index contributed by atoms with van der Waals surface area (Å²) in [5, 5.41) is 8.88. The minimum atomic E-state index is -4.74. The molecule has 1 aromatic carbocycles. The summed E-state index contributed by atoms with van der Waals surface area (Å²) in [5.41, 5.74) is -1.76. The molecule has 0 radical (unpaired) electrons. The smallest absolute Gasteiger partial charge is 0.365 e. The van der Waals surface area contributed by atoms with E-state index in [2.05, 4.69) is 0 Å². The van der Waals surface area contributed by atoms with E-state index >= 15 is 0 Å². The average Bonchev–Trinajstić information content (AvgIpc) is 3.17. The van der Waals surface area contributed by atoms with Crippen molar-refractivity contribution in [2.75, 3.05) is 10.8 Å². The van der Waals surface area contributed by atoms with Crippen LogP contribution in [0.5, 0.6) is 0 Å². The Morgan fingerprint density at radius 3 is 2.68 bits per heavy atom. The molecule has 0 aliphatic carbocycles. The van der Waals surface area contributed by atoms with Gasteiger partial charge >= 0.3 is 6.18 Å². The van der Waals surface area contributed by atoms with E-state index in [1.165, 1.54) is 12.1 Å². The molecule has 4 rings (SSSR count). The van der Waals surface area contributed by atoms with Crippen LogP contribution in [-0.4, -0.2) is 31.9 Å². The van der Waals surface area contributed by atoms with Gasteiger partial charge in [0.05, 0.1) is 35.1 Å². The highest BCUT2D eigenvalue weighted by Crippen LogP contribution is 2.53. The lowest BCUT2D eigenvalue weighted by Gasteiger charge is -2.28. The van der Waals surface area contributed by atoms with E-state index in [1.54, 1.807) is 19.1 Å². The first-order valence-electron chi connectivity index (χ1n) is 7.58. The Morgan fingerprint density at radius 2 is 2.08 bits per heavy atom. The number of nitriles is 1. The molecule has 132 valence electrons. The van der Waals surface area contributed by atoms with Crippen LogP contribution in [0.4, 0.5) is 18.9 Å². The highest BCUT2D eigenvalue weighted by Gasteiger charge is 2.68. The zero-order valence-corrected chi connectivity index (χ0v) is 13.8. The summed E-state index contributed by atoms with van der Waals surface area (Å²) >= 11 is 0. The van der Waals surface area contributed by atoms with Gasteiger partial charge in [-0.15, -0.1) is 0 Å². The van der Waals surface area contributed by atoms with Gasteiger partial charge in [-0.1, -0.05) is 12.2 Å². The Hall–Kier alpha value is -2.05. The van der Waals surface area contributed by atoms with Crippen molar-refractivity contribution in [3.05, 3.63) is 41.5 Å². The molecule has 0 saturated carbocycles. The number of anilines is 1. The van der Waals surface area contributed by atoms with Crippen LogP contribution >= 0.6 is 0 Å². The fourth-order valence-corrected chi connectivity index (χ4v) is 6.21. The minimum absolute atomic E-state index is 0.0491. The van der Waals surface area contributed by atoms with Crippen molar-refractivity contribution < 1.29 is 26.3 Å². The van der Waals surface area contributed by atoms with Crippen LogP contribution in [0.1, 0.15) is 18.1 Å². The van der Waals surface area contributed by atoms with Crippen LogP contribution in [0.25, 0.3) is 0 Å². The molecule has 2 bridgehead atoms. The lowest BCUT2D eigenvalue weighted by molar-refractivity contribution is -0.137. The van der Waals surface area contributed by atoms with Crippen molar-refractivity contribution >= 4 is 15.7 Å². The summed E-state index contributed by atoms with van der Waals surface area (Å²) in [6.07, 6.45) is -2.19. The molecule has 9 heteroatoms. The lowest BCUT2D eigenvalue weighted by atomic mass is 9.83. The van der Waals surface area contributed by atoms with Gasteiger partial charge in [-0.05, 0) is 25.1 Å². The molecule has 25 heavy (non-hydrogen) atoms. The van der Waals surface area contributed by atoms with E-state index < -0.39 is 38.2 Å². The van der Waals surface area contributed by atoms with Gasteiger partial charge in [0, 0.05) is 12.5 Å². The standard InChI is InChI=1S/C16H13F3N2O3S/c1-15-12(13-4-5-14(15)24-13)8-21(25(15,22)23)10-3-2-9(7-20)11(6-10)16(17,18)19/h2-6,12-14H,8H2,1H3/t12-,13+,14-,15-/m0/s1. The van der Waals surface area contributed by atoms with Crippen LogP contribution in [-0.2, 0) is 20.9 Å². The molecule has 0 amide bonds. The zero-order chi connectivity index (χ0) is 18.2. The number of hydrogen-bond acceptors (Lipinski definition) is 4. The van der Waals surface area contributed by atoms with Gasteiger partial charge in [0.25, 0.3) is 0 Å². The number of ether oxygens (including phenoxy) is 1. The van der Waals surface area contributed by atoms with Gasteiger partial charge < -0.3 is 4.74 Å². The first kappa shape index (κ1) is 16.4. The maximum Gasteiger partial charge on any atom is 0.417 e. The Bertz CT molecular complexity index is 935. The largest absolute Gasteiger partial charge is 0.417 e. The lowest BCUT2D eigenvalue weighted by Crippen LogP contribution is -2.46. The molecule has 3 aliphatic rings. The van der Waals surface area contributed by atoms with Gasteiger partial charge in [-0.25, -0.2) is 8.42 Å². The number of benzene rings is 1. The first-order chi connectivity index (χ1) is 11.6. The fourth-order valence-electron chi connectivity index (χ4n) is 3.96. The molecule has 0 N–H and O–H groups in total. The number of sulfonamides is 1. The topological polar surface area (TPSA) is 70.4 Å². The van der Waals surface area contributed by atoms with E-state index in [-0.39, 0.29) is 24.3 Å². The normalized spacial score (nSPS) is 35.0. The van der Waals surface area contributed by atoms with Crippen molar-refractivity contribution in [2.24, 2.45) is 5.92 Å². The number of hydrogen-bond donors (Lipinski definition) is 0. The monoisotopic (exact) mass is 370 g/mol. The molecule has 0 unspecified atom stereocenters. The summed E-state index contributed by atoms with van der Waals surface area (Å²) in [4.78, 5) is 0. The average molecular weight is 370 g/mol. The van der Waals surface area contributed by atoms with E-state index in [9.17, 15) is 21.6 Å². The molecular formula is C16H13F3N2O3S. The molecule has 5 nitrogen and oxygen atoms in total. The third-order valence-electron chi connectivity index (χ3n) is 5.40. The van der Waals surface area contributed by atoms with E-state index in [4.69, 9.17) is 10.00 Å². The van der Waals surface area contributed by atoms with Crippen LogP contribution in [0.15, 0.2) is 30.4 Å². The number of fused-ring (bicyclic) bond motifs is 5. The Balaban J connectivity index is 1.82. The molecule has 3 heterocycles. The van der Waals surface area contributed by atoms with Gasteiger partial charge in [-0.2, -0.15) is 18.4 Å². The predicted octanol–water partition coefficient (Wildman–Crippen LogP) is 2.44. The summed E-state index contributed by atoms with van der Waals surface area (Å²) in [6.45, 7) is 1.63. The van der Waals surface area contributed by atoms with Crippen LogP contribution in [0, 0.1) is 17.2 Å². The summed E-state index contributed by atoms with van der Waals surface area (Å²) in [6, 6.07) is 4.48. The van der Waals surface area contributed by atoms with Crippen molar-refractivity contribution in [3.63, 3.8) is 0 Å².